The molecule has 0 bridgehead atoms. The number of ether oxygens (including phenoxy) is 1. The maximum absolute atomic E-state index is 12.8. The van der Waals surface area contributed by atoms with Crippen LogP contribution in [0.15, 0.2) is 64.3 Å². The van der Waals surface area contributed by atoms with Gasteiger partial charge in [-0.1, -0.05) is 18.2 Å². The van der Waals surface area contributed by atoms with Gasteiger partial charge in [-0.2, -0.15) is 10.4 Å². The van der Waals surface area contributed by atoms with E-state index < -0.39 is 5.91 Å². The van der Waals surface area contributed by atoms with Crippen LogP contribution in [0.5, 0.6) is 0 Å². The van der Waals surface area contributed by atoms with Crippen LogP contribution in [0.3, 0.4) is 0 Å². The Bertz CT molecular complexity index is 1340. The van der Waals surface area contributed by atoms with Crippen molar-refractivity contribution >= 4 is 22.4 Å². The third-order valence-corrected chi connectivity index (χ3v) is 5.64. The molecule has 2 aliphatic rings. The molecule has 4 rings (SSSR count). The first kappa shape index (κ1) is 23.9. The van der Waals surface area contributed by atoms with Gasteiger partial charge < -0.3 is 25.9 Å². The lowest BCUT2D eigenvalue weighted by Crippen LogP contribution is -2.35. The quantitative estimate of drug-likeness (QED) is 0.404. The van der Waals surface area contributed by atoms with E-state index in [9.17, 15) is 14.9 Å². The number of fused-ring (bicyclic) bond motifs is 1. The molecule has 1 aromatic carbocycles. The van der Waals surface area contributed by atoms with Crippen LogP contribution in [-0.2, 0) is 22.6 Å². The zero-order valence-electron chi connectivity index (χ0n) is 19.1. The van der Waals surface area contributed by atoms with E-state index >= 15 is 0 Å². The Morgan fingerprint density at radius 2 is 2.09 bits per heavy atom. The SMILES string of the molecule is N#CC1=CC(=N)/C(=C\NCc2nn(CC(=O)NCCO)c(=O)c3ccccc23)C=C1OCC1CC1. The second kappa shape index (κ2) is 10.8. The molecule has 35 heavy (non-hydrogen) atoms. The number of carbonyl (C=O) groups is 1. The van der Waals surface area contributed by atoms with Gasteiger partial charge in [0.15, 0.2) is 0 Å². The van der Waals surface area contributed by atoms with Crippen LogP contribution in [0.1, 0.15) is 18.5 Å². The Kier molecular flexibility index (Phi) is 7.38. The van der Waals surface area contributed by atoms with Crippen molar-refractivity contribution in [1.82, 2.24) is 20.4 Å². The summed E-state index contributed by atoms with van der Waals surface area (Å²) < 4.78 is 6.91. The molecule has 2 aromatic rings. The standard InChI is InChI=1S/C25H26N6O4/c26-11-17-9-21(27)18(10-23(17)35-15-16-5-6-16)12-28-13-22-19-3-1-2-4-20(19)25(34)31(30-22)14-24(33)29-7-8-32/h1-4,9-10,12,16,27-28,32H,5-8,13-15H2,(H,29,33)/b18-12-,27-21?. The number of aromatic nitrogens is 2. The summed E-state index contributed by atoms with van der Waals surface area (Å²) in [6.07, 6.45) is 7.06. The molecule has 10 heteroatoms. The summed E-state index contributed by atoms with van der Waals surface area (Å²) in [5, 5.41) is 37.6. The minimum atomic E-state index is -0.426. The van der Waals surface area contributed by atoms with E-state index in [1.165, 1.54) is 6.08 Å². The second-order valence-corrected chi connectivity index (χ2v) is 8.36. The molecular weight excluding hydrogens is 448 g/mol. The Morgan fingerprint density at radius 1 is 1.31 bits per heavy atom. The molecule has 1 amide bonds. The third-order valence-electron chi connectivity index (χ3n) is 5.64. The second-order valence-electron chi connectivity index (χ2n) is 8.36. The lowest BCUT2D eigenvalue weighted by molar-refractivity contribution is -0.122. The van der Waals surface area contributed by atoms with Gasteiger partial charge in [0.1, 0.15) is 18.4 Å². The third kappa shape index (κ3) is 5.83. The maximum Gasteiger partial charge on any atom is 0.275 e. The van der Waals surface area contributed by atoms with Crippen molar-refractivity contribution in [3.8, 4) is 6.07 Å². The minimum absolute atomic E-state index is 0.0942. The van der Waals surface area contributed by atoms with Crippen molar-refractivity contribution in [3.63, 3.8) is 0 Å². The van der Waals surface area contributed by atoms with E-state index in [0.717, 1.165) is 17.5 Å². The number of aliphatic hydroxyl groups excluding tert-OH is 1. The van der Waals surface area contributed by atoms with E-state index in [-0.39, 0.29) is 37.5 Å². The van der Waals surface area contributed by atoms with Crippen LogP contribution in [0, 0.1) is 22.7 Å². The van der Waals surface area contributed by atoms with E-state index in [1.807, 2.05) is 0 Å². The van der Waals surface area contributed by atoms with Gasteiger partial charge in [-0.3, -0.25) is 9.59 Å². The number of hydrogen-bond acceptors (Lipinski definition) is 8. The molecule has 0 atom stereocenters. The molecule has 180 valence electrons. The van der Waals surface area contributed by atoms with Gasteiger partial charge in [-0.05, 0) is 37.0 Å². The molecule has 0 aliphatic heterocycles. The largest absolute Gasteiger partial charge is 0.492 e. The highest BCUT2D eigenvalue weighted by molar-refractivity contribution is 6.10. The number of carbonyl (C=O) groups excluding carboxylic acids is 1. The first-order chi connectivity index (χ1) is 17.0. The molecule has 0 radical (unpaired) electrons. The van der Waals surface area contributed by atoms with Gasteiger partial charge in [-0.15, -0.1) is 0 Å². The molecule has 1 saturated carbocycles. The van der Waals surface area contributed by atoms with Gasteiger partial charge in [0, 0.05) is 23.7 Å². The highest BCUT2D eigenvalue weighted by Gasteiger charge is 2.24. The number of nitrogens with zero attached hydrogens (tertiary/aromatic N) is 3. The van der Waals surface area contributed by atoms with Gasteiger partial charge in [0.05, 0.1) is 42.1 Å². The molecule has 2 aliphatic carbocycles. The number of aliphatic hydroxyl groups is 1. The molecule has 1 fully saturated rings. The van der Waals surface area contributed by atoms with Crippen molar-refractivity contribution in [2.45, 2.75) is 25.9 Å². The summed E-state index contributed by atoms with van der Waals surface area (Å²) in [6.45, 7) is 0.419. The van der Waals surface area contributed by atoms with Crippen LogP contribution in [-0.4, -0.2) is 46.3 Å². The van der Waals surface area contributed by atoms with Gasteiger partial charge in [0.2, 0.25) is 5.91 Å². The predicted octanol–water partition coefficient (Wildman–Crippen LogP) is 1.27. The molecule has 4 N–H and O–H groups in total. The van der Waals surface area contributed by atoms with Crippen LogP contribution in [0.4, 0.5) is 0 Å². The predicted molar refractivity (Wildman–Crippen MR) is 129 cm³/mol. The van der Waals surface area contributed by atoms with Crippen LogP contribution >= 0.6 is 0 Å². The van der Waals surface area contributed by atoms with Crippen molar-refractivity contribution < 1.29 is 14.6 Å². The number of nitrogens with one attached hydrogen (secondary N) is 3. The average Bonchev–Trinajstić information content (AvgIpc) is 3.69. The fraction of sp³-hybridized carbons (Fsp3) is 0.320. The summed E-state index contributed by atoms with van der Waals surface area (Å²) in [4.78, 5) is 24.9. The Morgan fingerprint density at radius 3 is 2.80 bits per heavy atom. The average molecular weight is 475 g/mol. The fourth-order valence-electron chi connectivity index (χ4n) is 3.60. The maximum atomic E-state index is 12.8. The Balaban J connectivity index is 1.55. The van der Waals surface area contributed by atoms with E-state index in [2.05, 4.69) is 21.8 Å². The molecule has 10 nitrogen and oxygen atoms in total. The normalized spacial score (nSPS) is 16.5. The van der Waals surface area contributed by atoms with Crippen LogP contribution in [0.25, 0.3) is 10.8 Å². The highest BCUT2D eigenvalue weighted by atomic mass is 16.5. The Labute approximate surface area is 201 Å². The highest BCUT2D eigenvalue weighted by Crippen LogP contribution is 2.31. The number of benzene rings is 1. The van der Waals surface area contributed by atoms with Crippen molar-refractivity contribution in [2.75, 3.05) is 19.8 Å². The van der Waals surface area contributed by atoms with Crippen molar-refractivity contribution in [3.05, 3.63) is 75.6 Å². The zero-order valence-corrected chi connectivity index (χ0v) is 19.1. The zero-order chi connectivity index (χ0) is 24.8. The molecule has 1 aromatic heterocycles. The summed E-state index contributed by atoms with van der Waals surface area (Å²) in [5.41, 5.74) is 1.22. The molecule has 0 unspecified atom stereocenters. The summed E-state index contributed by atoms with van der Waals surface area (Å²) in [7, 11) is 0. The number of amides is 1. The van der Waals surface area contributed by atoms with Crippen molar-refractivity contribution in [1.29, 1.82) is 10.7 Å². The van der Waals surface area contributed by atoms with E-state index in [1.54, 1.807) is 36.5 Å². The Hall–Kier alpha value is -4.23. The van der Waals surface area contributed by atoms with Gasteiger partial charge in [-0.25, -0.2) is 4.68 Å². The smallest absolute Gasteiger partial charge is 0.275 e. The van der Waals surface area contributed by atoms with Crippen LogP contribution in [0.2, 0.25) is 0 Å². The van der Waals surface area contributed by atoms with Gasteiger partial charge in [0.25, 0.3) is 5.56 Å². The summed E-state index contributed by atoms with van der Waals surface area (Å²) in [5.74, 6) is 0.558. The number of hydrogen-bond donors (Lipinski definition) is 4. The number of allylic oxidation sites excluding steroid dienone is 4. The van der Waals surface area contributed by atoms with Crippen LogP contribution < -0.4 is 16.2 Å². The first-order valence-corrected chi connectivity index (χ1v) is 11.4. The molecule has 0 spiro atoms. The molecular formula is C25H26N6O4. The number of rotatable bonds is 10. The summed E-state index contributed by atoms with van der Waals surface area (Å²) >= 11 is 0. The lowest BCUT2D eigenvalue weighted by Gasteiger charge is -2.16. The number of nitriles is 1. The summed E-state index contributed by atoms with van der Waals surface area (Å²) in [6, 6.07) is 9.10. The molecule has 1 heterocycles. The van der Waals surface area contributed by atoms with E-state index in [4.69, 9.17) is 15.3 Å². The van der Waals surface area contributed by atoms with E-state index in [0.29, 0.717) is 45.9 Å². The first-order valence-electron chi connectivity index (χ1n) is 11.4. The molecule has 0 saturated heterocycles. The van der Waals surface area contributed by atoms with Gasteiger partial charge >= 0.3 is 0 Å². The topological polar surface area (TPSA) is 153 Å². The van der Waals surface area contributed by atoms with Crippen molar-refractivity contribution in [2.24, 2.45) is 5.92 Å². The minimum Gasteiger partial charge on any atom is -0.492 e. The fourth-order valence-corrected chi connectivity index (χ4v) is 3.60. The monoisotopic (exact) mass is 474 g/mol. The lowest BCUT2D eigenvalue weighted by atomic mass is 10.00.